The van der Waals surface area contributed by atoms with Crippen LogP contribution in [-0.4, -0.2) is 0 Å². The van der Waals surface area contributed by atoms with Crippen LogP contribution in [0.25, 0.3) is 0 Å². The van der Waals surface area contributed by atoms with Crippen LogP contribution in [0.2, 0.25) is 0 Å². The van der Waals surface area contributed by atoms with Gasteiger partial charge in [0.05, 0.1) is 0 Å². The molecule has 0 N–H and O–H groups in total. The Kier molecular flexibility index (Phi) is 4.94. The quantitative estimate of drug-likeness (QED) is 0.526. The van der Waals surface area contributed by atoms with E-state index in [9.17, 15) is 0 Å². The molecule has 0 amide bonds. The first-order valence-electron chi connectivity index (χ1n) is 7.07. The Morgan fingerprint density at radius 2 is 2.06 bits per heavy atom. The molecule has 1 aliphatic rings. The van der Waals surface area contributed by atoms with Gasteiger partial charge in [0, 0.05) is 5.75 Å². The van der Waals surface area contributed by atoms with Gasteiger partial charge >= 0.3 is 0 Å². The molecule has 98 valence electrons. The Morgan fingerprint density at radius 3 is 2.67 bits per heavy atom. The van der Waals surface area contributed by atoms with Crippen LogP contribution in [0.15, 0.2) is 36.4 Å². The van der Waals surface area contributed by atoms with E-state index in [0.717, 1.165) is 23.5 Å². The van der Waals surface area contributed by atoms with E-state index in [-0.39, 0.29) is 0 Å². The summed E-state index contributed by atoms with van der Waals surface area (Å²) in [6.07, 6.45) is 8.40. The number of allylic oxidation sites excluding steroid dienone is 2. The van der Waals surface area contributed by atoms with E-state index in [1.165, 1.54) is 30.4 Å². The van der Waals surface area contributed by atoms with Gasteiger partial charge in [0.15, 0.2) is 0 Å². The zero-order chi connectivity index (χ0) is 13.0. The standard InChI is InChI=1S/C17H24S/c1-3-4-5-6-13(2)16-11-17(16)15-9-7-14(12-18)8-10-15/h3-4,7-10,13,16-18H,5-6,11-12H2,1-2H3/b4-3+/t13-,16?,17?/m0/s1. The number of hydrogen-bond donors (Lipinski definition) is 1. The smallest absolute Gasteiger partial charge is 0.0154 e. The van der Waals surface area contributed by atoms with Gasteiger partial charge in [-0.3, -0.25) is 0 Å². The van der Waals surface area contributed by atoms with Crippen molar-refractivity contribution >= 4 is 12.6 Å². The molecule has 0 bridgehead atoms. The normalized spacial score (nSPS) is 24.4. The monoisotopic (exact) mass is 260 g/mol. The predicted molar refractivity (Wildman–Crippen MR) is 83.2 cm³/mol. The number of benzene rings is 1. The summed E-state index contributed by atoms with van der Waals surface area (Å²) in [5, 5.41) is 0. The van der Waals surface area contributed by atoms with Crippen molar-refractivity contribution in [3.8, 4) is 0 Å². The molecule has 1 aliphatic carbocycles. The third-order valence-electron chi connectivity index (χ3n) is 4.19. The summed E-state index contributed by atoms with van der Waals surface area (Å²) in [5.41, 5.74) is 2.85. The lowest BCUT2D eigenvalue weighted by atomic mass is 9.96. The molecular formula is C17H24S. The Hall–Kier alpha value is -0.690. The zero-order valence-electron chi connectivity index (χ0n) is 11.5. The van der Waals surface area contributed by atoms with Crippen molar-refractivity contribution < 1.29 is 0 Å². The number of rotatable bonds is 6. The average molecular weight is 260 g/mol. The second-order valence-corrected chi connectivity index (χ2v) is 5.85. The van der Waals surface area contributed by atoms with Crippen LogP contribution in [0.3, 0.4) is 0 Å². The highest BCUT2D eigenvalue weighted by molar-refractivity contribution is 7.79. The van der Waals surface area contributed by atoms with Gasteiger partial charge in [-0.1, -0.05) is 43.3 Å². The summed E-state index contributed by atoms with van der Waals surface area (Å²) >= 11 is 4.30. The lowest BCUT2D eigenvalue weighted by Crippen LogP contribution is -1.98. The second kappa shape index (κ2) is 6.47. The van der Waals surface area contributed by atoms with Crippen LogP contribution < -0.4 is 0 Å². The second-order valence-electron chi connectivity index (χ2n) is 5.53. The van der Waals surface area contributed by atoms with Gasteiger partial charge in [-0.05, 0) is 55.1 Å². The van der Waals surface area contributed by atoms with Crippen LogP contribution in [0.4, 0.5) is 0 Å². The molecule has 1 aromatic rings. The first kappa shape index (κ1) is 13.7. The van der Waals surface area contributed by atoms with Gasteiger partial charge < -0.3 is 0 Å². The summed E-state index contributed by atoms with van der Waals surface area (Å²) < 4.78 is 0. The van der Waals surface area contributed by atoms with E-state index in [1.54, 1.807) is 0 Å². The summed E-state index contributed by atoms with van der Waals surface area (Å²) in [4.78, 5) is 0. The lowest BCUT2D eigenvalue weighted by molar-refractivity contribution is 0.465. The Bertz CT molecular complexity index is 391. The van der Waals surface area contributed by atoms with Crippen LogP contribution in [-0.2, 0) is 5.75 Å². The van der Waals surface area contributed by atoms with Crippen molar-refractivity contribution in [2.24, 2.45) is 11.8 Å². The van der Waals surface area contributed by atoms with Crippen molar-refractivity contribution in [2.45, 2.75) is 44.8 Å². The van der Waals surface area contributed by atoms with E-state index >= 15 is 0 Å². The molecule has 18 heavy (non-hydrogen) atoms. The molecule has 1 fully saturated rings. The molecule has 0 radical (unpaired) electrons. The van der Waals surface area contributed by atoms with E-state index in [0.29, 0.717) is 0 Å². The van der Waals surface area contributed by atoms with Gasteiger partial charge in [-0.25, -0.2) is 0 Å². The van der Waals surface area contributed by atoms with Crippen molar-refractivity contribution in [1.29, 1.82) is 0 Å². The highest BCUT2D eigenvalue weighted by atomic mass is 32.1. The first-order chi connectivity index (χ1) is 8.76. The molecule has 3 atom stereocenters. The van der Waals surface area contributed by atoms with Gasteiger partial charge in [0.2, 0.25) is 0 Å². The van der Waals surface area contributed by atoms with Gasteiger partial charge in [-0.2, -0.15) is 12.6 Å². The zero-order valence-corrected chi connectivity index (χ0v) is 12.4. The maximum absolute atomic E-state index is 4.30. The van der Waals surface area contributed by atoms with E-state index in [1.807, 2.05) is 0 Å². The minimum Gasteiger partial charge on any atom is -0.175 e. The largest absolute Gasteiger partial charge is 0.175 e. The van der Waals surface area contributed by atoms with Gasteiger partial charge in [-0.15, -0.1) is 0 Å². The first-order valence-corrected chi connectivity index (χ1v) is 7.70. The highest BCUT2D eigenvalue weighted by Gasteiger charge is 2.41. The molecule has 0 spiro atoms. The highest BCUT2D eigenvalue weighted by Crippen LogP contribution is 2.52. The Morgan fingerprint density at radius 1 is 1.33 bits per heavy atom. The molecule has 0 saturated heterocycles. The minimum atomic E-state index is 0.819. The lowest BCUT2D eigenvalue weighted by Gasteiger charge is -2.09. The van der Waals surface area contributed by atoms with Gasteiger partial charge in [0.1, 0.15) is 0 Å². The van der Waals surface area contributed by atoms with Crippen molar-refractivity contribution in [2.75, 3.05) is 0 Å². The molecule has 1 heteroatoms. The fraction of sp³-hybridized carbons (Fsp3) is 0.529. The van der Waals surface area contributed by atoms with E-state index in [4.69, 9.17) is 0 Å². The molecule has 0 heterocycles. The Balaban J connectivity index is 1.85. The van der Waals surface area contributed by atoms with Crippen LogP contribution in [0.5, 0.6) is 0 Å². The fourth-order valence-electron chi connectivity index (χ4n) is 2.84. The summed E-state index contributed by atoms with van der Waals surface area (Å²) in [5.74, 6) is 3.43. The molecule has 2 rings (SSSR count). The molecule has 0 aromatic heterocycles. The average Bonchev–Trinajstić information content (AvgIpc) is 3.19. The molecule has 1 saturated carbocycles. The predicted octanol–water partition coefficient (Wildman–Crippen LogP) is 5.21. The molecular weight excluding hydrogens is 236 g/mol. The van der Waals surface area contributed by atoms with E-state index < -0.39 is 0 Å². The molecule has 1 aromatic carbocycles. The maximum atomic E-state index is 4.30. The van der Waals surface area contributed by atoms with Crippen LogP contribution in [0.1, 0.15) is 50.2 Å². The van der Waals surface area contributed by atoms with Crippen LogP contribution in [0, 0.1) is 11.8 Å². The molecule has 2 unspecified atom stereocenters. The topological polar surface area (TPSA) is 0 Å². The third-order valence-corrected chi connectivity index (χ3v) is 4.55. The maximum Gasteiger partial charge on any atom is 0.0154 e. The molecule has 0 nitrogen and oxygen atoms in total. The third kappa shape index (κ3) is 3.41. The minimum absolute atomic E-state index is 0.819. The SMILES string of the molecule is C/C=C/CC[C@H](C)C1CC1c1ccc(CS)cc1. The van der Waals surface area contributed by atoms with Crippen molar-refractivity contribution in [3.63, 3.8) is 0 Å². The van der Waals surface area contributed by atoms with Gasteiger partial charge in [0.25, 0.3) is 0 Å². The summed E-state index contributed by atoms with van der Waals surface area (Å²) in [6.45, 7) is 4.52. The Labute approximate surface area is 117 Å². The van der Waals surface area contributed by atoms with Crippen molar-refractivity contribution in [3.05, 3.63) is 47.5 Å². The number of thiol groups is 1. The van der Waals surface area contributed by atoms with E-state index in [2.05, 4.69) is 62.9 Å². The molecule has 0 aliphatic heterocycles. The summed E-state index contributed by atoms with van der Waals surface area (Å²) in [7, 11) is 0. The van der Waals surface area contributed by atoms with Crippen LogP contribution >= 0.6 is 12.6 Å². The fourth-order valence-corrected chi connectivity index (χ4v) is 3.05. The summed E-state index contributed by atoms with van der Waals surface area (Å²) in [6, 6.07) is 9.05. The number of hydrogen-bond acceptors (Lipinski definition) is 1. The van der Waals surface area contributed by atoms with Crippen molar-refractivity contribution in [1.82, 2.24) is 0 Å².